The molecule has 6 nitrogen and oxygen atoms in total. The van der Waals surface area contributed by atoms with Gasteiger partial charge < -0.3 is 10.4 Å². The molecule has 0 bridgehead atoms. The number of carbonyl (C=O) groups is 1. The van der Waals surface area contributed by atoms with Gasteiger partial charge in [-0.15, -0.1) is 11.3 Å². The molecule has 2 aliphatic heterocycles. The summed E-state index contributed by atoms with van der Waals surface area (Å²) >= 11 is 1.36. The summed E-state index contributed by atoms with van der Waals surface area (Å²) in [5.41, 5.74) is 1.75. The van der Waals surface area contributed by atoms with Crippen LogP contribution >= 0.6 is 11.3 Å². The van der Waals surface area contributed by atoms with Crippen LogP contribution in [0, 0.1) is 5.82 Å². The van der Waals surface area contributed by atoms with Crippen molar-refractivity contribution in [2.75, 3.05) is 38.0 Å². The zero-order chi connectivity index (χ0) is 25.0. The first-order valence-corrected chi connectivity index (χ1v) is 13.5. The Balaban J connectivity index is 1.12. The minimum Gasteiger partial charge on any atom is -0.390 e. The number of aliphatic hydroxyl groups is 1. The van der Waals surface area contributed by atoms with Crippen LogP contribution in [-0.2, 0) is 17.6 Å². The predicted octanol–water partition coefficient (Wildman–Crippen LogP) is 3.96. The van der Waals surface area contributed by atoms with Gasteiger partial charge in [-0.05, 0) is 49.4 Å². The van der Waals surface area contributed by atoms with Gasteiger partial charge in [-0.1, -0.05) is 48.5 Å². The minimum atomic E-state index is -0.482. The first-order chi connectivity index (χ1) is 17.5. The molecule has 0 aliphatic carbocycles. The summed E-state index contributed by atoms with van der Waals surface area (Å²) < 4.78 is 13.9. The van der Waals surface area contributed by atoms with Crippen LogP contribution in [0.1, 0.15) is 35.3 Å². The normalized spacial score (nSPS) is 22.8. The van der Waals surface area contributed by atoms with E-state index in [9.17, 15) is 14.3 Å². The van der Waals surface area contributed by atoms with Gasteiger partial charge in [-0.3, -0.25) is 14.6 Å². The number of aromatic nitrogens is 1. The van der Waals surface area contributed by atoms with E-state index in [-0.39, 0.29) is 23.8 Å². The van der Waals surface area contributed by atoms with Gasteiger partial charge in [0.2, 0.25) is 5.91 Å². The van der Waals surface area contributed by atoms with Gasteiger partial charge in [0.15, 0.2) is 5.13 Å². The van der Waals surface area contributed by atoms with Crippen molar-refractivity contribution in [2.45, 2.75) is 43.7 Å². The SMILES string of the molecule is O=C(CN1CC[C@@]2(CCCN2CCc2ccccc2)[C@@H](O)C1)Nc1ncc(Cc2ccccc2F)s1. The number of anilines is 1. The molecule has 2 fully saturated rings. The van der Waals surface area contributed by atoms with Gasteiger partial charge in [0.05, 0.1) is 12.6 Å². The van der Waals surface area contributed by atoms with Gasteiger partial charge in [0.1, 0.15) is 5.82 Å². The number of β-amino-alcohol motifs (C(OH)–C–C–N with tert-alkyl or cyclic N) is 1. The van der Waals surface area contributed by atoms with Crippen molar-refractivity contribution in [1.29, 1.82) is 0 Å². The fourth-order valence-electron chi connectivity index (χ4n) is 5.67. The molecule has 1 spiro atoms. The summed E-state index contributed by atoms with van der Waals surface area (Å²) in [5, 5.41) is 14.6. The molecule has 3 aromatic rings. The van der Waals surface area contributed by atoms with E-state index in [1.807, 2.05) is 17.0 Å². The van der Waals surface area contributed by atoms with Crippen molar-refractivity contribution in [1.82, 2.24) is 14.8 Å². The van der Waals surface area contributed by atoms with E-state index >= 15 is 0 Å². The standard InChI is InChI=1S/C28H33FN4O2S/c29-24-10-5-4-9-22(24)17-23-18-30-27(36-23)31-26(35)20-32-16-13-28(25(34)19-32)12-6-14-33(28)15-11-21-7-2-1-3-8-21/h1-5,7-10,18,25,34H,6,11-17,19-20H2,(H,30,31,35)/t25-,28-/m0/s1. The number of likely N-dealkylation sites (tertiary alicyclic amines) is 2. The van der Waals surface area contributed by atoms with Crippen LogP contribution in [0.4, 0.5) is 9.52 Å². The fraction of sp³-hybridized carbons (Fsp3) is 0.429. The smallest absolute Gasteiger partial charge is 0.240 e. The molecule has 2 N–H and O–H groups in total. The third-order valence-corrected chi connectivity index (χ3v) is 8.50. The number of carbonyl (C=O) groups excluding carboxylic acids is 1. The first kappa shape index (κ1) is 25.0. The highest BCUT2D eigenvalue weighted by molar-refractivity contribution is 7.15. The highest BCUT2D eigenvalue weighted by Gasteiger charge is 2.49. The van der Waals surface area contributed by atoms with Crippen LogP contribution in [0.5, 0.6) is 0 Å². The summed E-state index contributed by atoms with van der Waals surface area (Å²) in [5.74, 6) is -0.379. The van der Waals surface area contributed by atoms with E-state index in [4.69, 9.17) is 0 Å². The topological polar surface area (TPSA) is 68.7 Å². The second-order valence-corrected chi connectivity index (χ2v) is 11.0. The maximum absolute atomic E-state index is 13.9. The van der Waals surface area contributed by atoms with E-state index in [0.29, 0.717) is 23.7 Å². The predicted molar refractivity (Wildman–Crippen MR) is 141 cm³/mol. The zero-order valence-corrected chi connectivity index (χ0v) is 21.2. The maximum Gasteiger partial charge on any atom is 0.240 e. The number of rotatable bonds is 8. The average molecular weight is 509 g/mol. The molecule has 0 unspecified atom stereocenters. The Morgan fingerprint density at radius 1 is 1.14 bits per heavy atom. The van der Waals surface area contributed by atoms with Crippen LogP contribution in [0.2, 0.25) is 0 Å². The number of hydrogen-bond donors (Lipinski definition) is 2. The molecule has 8 heteroatoms. The van der Waals surface area contributed by atoms with E-state index in [2.05, 4.69) is 39.5 Å². The molecule has 1 aromatic heterocycles. The monoisotopic (exact) mass is 508 g/mol. The van der Waals surface area contributed by atoms with Crippen LogP contribution in [0.3, 0.4) is 0 Å². The van der Waals surface area contributed by atoms with Crippen molar-refractivity contribution in [3.8, 4) is 0 Å². The van der Waals surface area contributed by atoms with Crippen molar-refractivity contribution < 1.29 is 14.3 Å². The molecule has 2 aromatic carbocycles. The van der Waals surface area contributed by atoms with Gasteiger partial charge >= 0.3 is 0 Å². The van der Waals surface area contributed by atoms with E-state index in [1.165, 1.54) is 23.0 Å². The Kier molecular flexibility index (Phi) is 7.76. The third-order valence-electron chi connectivity index (χ3n) is 7.58. The van der Waals surface area contributed by atoms with Gasteiger partial charge in [-0.25, -0.2) is 9.37 Å². The van der Waals surface area contributed by atoms with Crippen LogP contribution in [0.15, 0.2) is 60.8 Å². The second-order valence-electron chi connectivity index (χ2n) is 9.88. The molecule has 2 saturated heterocycles. The molecule has 1 amide bonds. The van der Waals surface area contributed by atoms with Crippen molar-refractivity contribution in [3.63, 3.8) is 0 Å². The summed E-state index contributed by atoms with van der Waals surface area (Å²) in [6.07, 6.45) is 5.60. The van der Waals surface area contributed by atoms with Gasteiger partial charge in [0, 0.05) is 42.7 Å². The number of nitrogens with zero attached hydrogens (tertiary/aromatic N) is 3. The number of thiazole rings is 1. The number of benzene rings is 2. The Labute approximate surface area is 215 Å². The lowest BCUT2D eigenvalue weighted by Gasteiger charge is -2.48. The van der Waals surface area contributed by atoms with E-state index in [1.54, 1.807) is 18.3 Å². The molecular formula is C28H33FN4O2S. The molecule has 2 aliphatic rings. The zero-order valence-electron chi connectivity index (χ0n) is 20.4. The van der Waals surface area contributed by atoms with Crippen molar-refractivity contribution in [3.05, 3.63) is 82.6 Å². The lowest BCUT2D eigenvalue weighted by atomic mass is 9.82. The summed E-state index contributed by atoms with van der Waals surface area (Å²) in [6, 6.07) is 17.2. The van der Waals surface area contributed by atoms with Crippen molar-refractivity contribution in [2.24, 2.45) is 0 Å². The van der Waals surface area contributed by atoms with Crippen LogP contribution < -0.4 is 5.32 Å². The molecule has 5 rings (SSSR count). The van der Waals surface area contributed by atoms with Crippen LogP contribution in [0.25, 0.3) is 0 Å². The highest BCUT2D eigenvalue weighted by Crippen LogP contribution is 2.38. The van der Waals surface area contributed by atoms with E-state index < -0.39 is 6.10 Å². The Morgan fingerprint density at radius 2 is 1.94 bits per heavy atom. The number of nitrogens with one attached hydrogen (secondary N) is 1. The van der Waals surface area contributed by atoms with Crippen molar-refractivity contribution >= 4 is 22.4 Å². The molecule has 3 heterocycles. The highest BCUT2D eigenvalue weighted by atomic mass is 32.1. The Morgan fingerprint density at radius 3 is 2.75 bits per heavy atom. The lowest BCUT2D eigenvalue weighted by molar-refractivity contribution is -0.120. The number of halogens is 1. The Bertz CT molecular complexity index is 1170. The molecule has 190 valence electrons. The molecule has 0 saturated carbocycles. The third kappa shape index (κ3) is 5.67. The minimum absolute atomic E-state index is 0.141. The number of amides is 1. The Hall–Kier alpha value is -2.65. The van der Waals surface area contributed by atoms with E-state index in [0.717, 1.165) is 50.2 Å². The van der Waals surface area contributed by atoms with Gasteiger partial charge in [0.25, 0.3) is 0 Å². The molecule has 36 heavy (non-hydrogen) atoms. The lowest BCUT2D eigenvalue weighted by Crippen LogP contribution is -2.62. The molecule has 2 atom stereocenters. The maximum atomic E-state index is 13.9. The molecular weight excluding hydrogens is 475 g/mol. The number of piperidine rings is 1. The summed E-state index contributed by atoms with van der Waals surface area (Å²) in [4.78, 5) is 22.4. The number of hydrogen-bond acceptors (Lipinski definition) is 6. The second kappa shape index (κ2) is 11.2. The average Bonchev–Trinajstić information content (AvgIpc) is 3.49. The largest absolute Gasteiger partial charge is 0.390 e. The van der Waals surface area contributed by atoms with Crippen LogP contribution in [-0.4, -0.2) is 70.2 Å². The van der Waals surface area contributed by atoms with Gasteiger partial charge in [-0.2, -0.15) is 0 Å². The summed E-state index contributed by atoms with van der Waals surface area (Å²) in [6.45, 7) is 3.46. The quantitative estimate of drug-likeness (QED) is 0.482. The fourth-order valence-corrected chi connectivity index (χ4v) is 6.52. The first-order valence-electron chi connectivity index (χ1n) is 12.7. The number of aliphatic hydroxyl groups excluding tert-OH is 1. The summed E-state index contributed by atoms with van der Waals surface area (Å²) in [7, 11) is 0. The molecule has 0 radical (unpaired) electrons.